The first-order valence-electron chi connectivity index (χ1n) is 17.3. The molecule has 6 rings (SSSR count). The second-order valence-corrected chi connectivity index (χ2v) is 15.0. The first-order chi connectivity index (χ1) is 23.3. The van der Waals surface area contributed by atoms with E-state index >= 15 is 4.79 Å². The molecule has 3 saturated heterocycles. The van der Waals surface area contributed by atoms with Crippen LogP contribution in [0.1, 0.15) is 44.6 Å². The maximum atomic E-state index is 15.1. The van der Waals surface area contributed by atoms with Crippen molar-refractivity contribution in [2.75, 3.05) is 31.1 Å². The summed E-state index contributed by atoms with van der Waals surface area (Å²) in [7, 11) is 0. The third kappa shape index (κ3) is 6.09. The summed E-state index contributed by atoms with van der Waals surface area (Å²) in [6, 6.07) is 23.3. The Morgan fingerprint density at radius 1 is 0.938 bits per heavy atom. The van der Waals surface area contributed by atoms with Gasteiger partial charge in [-0.3, -0.25) is 14.4 Å². The molecule has 0 radical (unpaired) electrons. The van der Waals surface area contributed by atoms with Gasteiger partial charge in [-0.05, 0) is 53.6 Å². The molecule has 6 atom stereocenters. The summed E-state index contributed by atoms with van der Waals surface area (Å²) in [6.45, 7) is 11.8. The lowest BCUT2D eigenvalue weighted by Gasteiger charge is -2.41. The van der Waals surface area contributed by atoms with E-state index in [0.717, 1.165) is 47.7 Å². The smallest absolute Gasteiger partial charge is 0.251 e. The number of amides is 3. The molecule has 0 aliphatic carbocycles. The van der Waals surface area contributed by atoms with E-state index in [-0.39, 0.29) is 35.5 Å². The van der Waals surface area contributed by atoms with E-state index in [1.807, 2.05) is 76.5 Å². The Hall–Kier alpha value is -3.88. The van der Waals surface area contributed by atoms with Gasteiger partial charge in [-0.2, -0.15) is 0 Å². The van der Waals surface area contributed by atoms with Gasteiger partial charge in [-0.15, -0.1) is 24.9 Å². The number of aliphatic hydroxyl groups excluding tert-OH is 1. The normalized spacial score (nSPS) is 25.7. The summed E-state index contributed by atoms with van der Waals surface area (Å²) >= 11 is 1.72. The molecule has 3 aromatic rings. The summed E-state index contributed by atoms with van der Waals surface area (Å²) in [5.41, 5.74) is 1.80. The van der Waals surface area contributed by atoms with Gasteiger partial charge in [0.15, 0.2) is 0 Å². The lowest BCUT2D eigenvalue weighted by atomic mass is 9.65. The third-order valence-electron chi connectivity index (χ3n) is 10.6. The molecule has 0 aromatic heterocycles. The number of likely N-dealkylation sites (tertiary alicyclic amines) is 1. The fraction of sp³-hybridized carbons (Fsp3) is 0.425. The average molecular weight is 666 g/mol. The van der Waals surface area contributed by atoms with Crippen molar-refractivity contribution in [3.05, 3.63) is 104 Å². The number of hydrogen-bond acceptors (Lipinski definition) is 5. The molecule has 252 valence electrons. The number of fused-ring (bicyclic) bond motifs is 2. The van der Waals surface area contributed by atoms with Crippen LogP contribution in [0.15, 0.2) is 98.1 Å². The minimum atomic E-state index is -0.715. The van der Waals surface area contributed by atoms with Crippen LogP contribution in [0.4, 0.5) is 5.69 Å². The summed E-state index contributed by atoms with van der Waals surface area (Å²) in [4.78, 5) is 49.9. The predicted octanol–water partition coefficient (Wildman–Crippen LogP) is 6.46. The van der Waals surface area contributed by atoms with Gasteiger partial charge in [0.05, 0.1) is 16.6 Å². The highest BCUT2D eigenvalue weighted by molar-refractivity contribution is 8.02. The van der Waals surface area contributed by atoms with Crippen LogP contribution < -0.4 is 4.90 Å². The zero-order valence-electron chi connectivity index (χ0n) is 27.9. The number of rotatable bonds is 15. The van der Waals surface area contributed by atoms with Gasteiger partial charge >= 0.3 is 0 Å². The van der Waals surface area contributed by atoms with Crippen LogP contribution in [0.25, 0.3) is 10.8 Å². The van der Waals surface area contributed by atoms with E-state index in [1.54, 1.807) is 28.8 Å². The van der Waals surface area contributed by atoms with Gasteiger partial charge in [0.2, 0.25) is 11.8 Å². The fourth-order valence-electron chi connectivity index (χ4n) is 8.42. The number of unbranched alkanes of at least 4 members (excludes halogenated alkanes) is 3. The van der Waals surface area contributed by atoms with Crippen molar-refractivity contribution in [1.82, 2.24) is 9.80 Å². The molecule has 1 spiro atoms. The largest absolute Gasteiger partial charge is 0.396 e. The van der Waals surface area contributed by atoms with Gasteiger partial charge in [-0.25, -0.2) is 0 Å². The number of benzene rings is 3. The Kier molecular flexibility index (Phi) is 10.4. The maximum absolute atomic E-state index is 15.1. The zero-order valence-corrected chi connectivity index (χ0v) is 28.7. The van der Waals surface area contributed by atoms with Crippen molar-refractivity contribution in [2.24, 2.45) is 17.8 Å². The lowest BCUT2D eigenvalue weighted by Crippen LogP contribution is -2.57. The number of nitrogens with zero attached hydrogens (tertiary/aromatic N) is 3. The fourth-order valence-corrected chi connectivity index (χ4v) is 10.8. The van der Waals surface area contributed by atoms with Gasteiger partial charge in [0, 0.05) is 43.7 Å². The number of carbonyl (C=O) groups excluding carboxylic acids is 3. The molecule has 3 aliphatic rings. The van der Waals surface area contributed by atoms with Gasteiger partial charge in [-0.1, -0.05) is 92.6 Å². The molecular weight excluding hydrogens is 619 g/mol. The minimum Gasteiger partial charge on any atom is -0.396 e. The Labute approximate surface area is 288 Å². The maximum Gasteiger partial charge on any atom is 0.251 e. The van der Waals surface area contributed by atoms with E-state index in [0.29, 0.717) is 32.6 Å². The molecule has 3 heterocycles. The quantitative estimate of drug-likeness (QED) is 0.149. The first kappa shape index (κ1) is 34.0. The van der Waals surface area contributed by atoms with Crippen molar-refractivity contribution in [3.8, 4) is 0 Å². The van der Waals surface area contributed by atoms with Gasteiger partial charge < -0.3 is 19.8 Å². The zero-order chi connectivity index (χ0) is 33.8. The van der Waals surface area contributed by atoms with E-state index < -0.39 is 22.6 Å². The highest BCUT2D eigenvalue weighted by atomic mass is 32.2. The molecule has 7 nitrogen and oxygen atoms in total. The van der Waals surface area contributed by atoms with Crippen LogP contribution >= 0.6 is 11.8 Å². The summed E-state index contributed by atoms with van der Waals surface area (Å²) in [5.74, 6) is -1.24. The molecule has 3 aromatic carbocycles. The number of hydrogen-bond donors (Lipinski definition) is 1. The molecule has 3 amide bonds. The number of carbonyl (C=O) groups is 3. The minimum absolute atomic E-state index is 0.0307. The molecule has 3 unspecified atom stereocenters. The van der Waals surface area contributed by atoms with Crippen LogP contribution in [0.3, 0.4) is 0 Å². The predicted molar refractivity (Wildman–Crippen MR) is 194 cm³/mol. The van der Waals surface area contributed by atoms with E-state index in [4.69, 9.17) is 0 Å². The molecule has 8 heteroatoms. The number of thioether (sulfide) groups is 1. The summed E-state index contributed by atoms with van der Waals surface area (Å²) in [6.07, 6.45) is 7.42. The molecular formula is C40H47N3O4S. The Morgan fingerprint density at radius 3 is 2.38 bits per heavy atom. The number of anilines is 1. The van der Waals surface area contributed by atoms with Crippen molar-refractivity contribution in [1.29, 1.82) is 0 Å². The lowest BCUT2D eigenvalue weighted by molar-refractivity contribution is -0.144. The summed E-state index contributed by atoms with van der Waals surface area (Å²) in [5, 5.41) is 11.4. The van der Waals surface area contributed by atoms with E-state index in [1.165, 1.54) is 0 Å². The van der Waals surface area contributed by atoms with Crippen LogP contribution in [-0.4, -0.2) is 74.9 Å². The Bertz CT molecular complexity index is 1660. The highest BCUT2D eigenvalue weighted by Crippen LogP contribution is 2.69. The van der Waals surface area contributed by atoms with E-state index in [9.17, 15) is 14.7 Å². The second-order valence-electron chi connectivity index (χ2n) is 13.5. The van der Waals surface area contributed by atoms with Crippen molar-refractivity contribution in [3.63, 3.8) is 0 Å². The standard InChI is InChI=1S/C40H47N3O4S/c1-4-21-41(27-29-15-9-8-10-16-29)37(45)34-33-25-28(3)40(48-33)35(34)38(46)43(23-13-6-7-14-24-44)36(40)39(47)42(22-5-2)32-20-19-30-17-11-12-18-31(30)26-32/h4-5,8-12,15-20,26,28,33-36,44H,1-2,6-7,13-14,21-25,27H2,3H3/t28?,33-,34+,35+,36?,40?/m1/s1. The van der Waals surface area contributed by atoms with Crippen LogP contribution in [0, 0.1) is 17.8 Å². The van der Waals surface area contributed by atoms with Crippen molar-refractivity contribution < 1.29 is 19.5 Å². The molecule has 3 aliphatic heterocycles. The summed E-state index contributed by atoms with van der Waals surface area (Å²) < 4.78 is -0.715. The van der Waals surface area contributed by atoms with E-state index in [2.05, 4.69) is 26.1 Å². The highest BCUT2D eigenvalue weighted by Gasteiger charge is 2.76. The first-order valence-corrected chi connectivity index (χ1v) is 18.2. The van der Waals surface area contributed by atoms with Crippen LogP contribution in [-0.2, 0) is 20.9 Å². The molecule has 1 N–H and O–H groups in total. The second kappa shape index (κ2) is 14.7. The monoisotopic (exact) mass is 665 g/mol. The van der Waals surface area contributed by atoms with Gasteiger partial charge in [0.25, 0.3) is 5.91 Å². The third-order valence-corrected chi connectivity index (χ3v) is 12.6. The average Bonchev–Trinajstić information content (AvgIpc) is 3.70. The molecule has 2 bridgehead atoms. The van der Waals surface area contributed by atoms with Crippen LogP contribution in [0.2, 0.25) is 0 Å². The Balaban J connectivity index is 1.38. The topological polar surface area (TPSA) is 81.2 Å². The SMILES string of the molecule is C=CCN(Cc1ccccc1)C(=O)[C@@H]1[C@H]2C(=O)N(CCCCCCO)C(C(=O)N(CC=C)c3ccc4ccccc4c3)C23S[C@@H]1CC3C. The molecule has 0 saturated carbocycles. The molecule has 3 fully saturated rings. The van der Waals surface area contributed by atoms with Crippen molar-refractivity contribution >= 4 is 45.9 Å². The van der Waals surface area contributed by atoms with Crippen LogP contribution in [0.5, 0.6) is 0 Å². The number of aliphatic hydroxyl groups is 1. The van der Waals surface area contributed by atoms with Crippen molar-refractivity contribution in [2.45, 2.75) is 61.6 Å². The Morgan fingerprint density at radius 2 is 1.65 bits per heavy atom. The van der Waals surface area contributed by atoms with Gasteiger partial charge in [0.1, 0.15) is 6.04 Å². The molecule has 48 heavy (non-hydrogen) atoms.